The van der Waals surface area contributed by atoms with Gasteiger partial charge in [0.15, 0.2) is 5.75 Å². The zero-order valence-electron chi connectivity index (χ0n) is 18.5. The second-order valence-corrected chi connectivity index (χ2v) is 8.71. The van der Waals surface area contributed by atoms with Gasteiger partial charge in [-0.1, -0.05) is 51.1 Å². The van der Waals surface area contributed by atoms with Crippen molar-refractivity contribution in [1.29, 1.82) is 0 Å². The van der Waals surface area contributed by atoms with Gasteiger partial charge in [0.25, 0.3) is 0 Å². The molecule has 2 N–H and O–H groups in total. The summed E-state index contributed by atoms with van der Waals surface area (Å²) in [6.45, 7) is 13.2. The molecule has 0 saturated carbocycles. The monoisotopic (exact) mass is 418 g/mol. The zero-order valence-corrected chi connectivity index (χ0v) is 18.5. The maximum Gasteiger partial charge on any atom is 0.373 e. The van der Waals surface area contributed by atoms with Gasteiger partial charge >= 0.3 is 11.9 Å². The molecule has 2 aromatic carbocycles. The van der Waals surface area contributed by atoms with Gasteiger partial charge in [-0.2, -0.15) is 10.1 Å². The maximum atomic E-state index is 11.2. The molecule has 7 heteroatoms. The first-order chi connectivity index (χ1) is 13.8. The molecular weight excluding hydrogens is 388 g/mol. The van der Waals surface area contributed by atoms with Gasteiger partial charge in [0.1, 0.15) is 11.2 Å². The van der Waals surface area contributed by atoms with Gasteiger partial charge in [0.2, 0.25) is 0 Å². The molecule has 0 bridgehead atoms. The molecule has 7 nitrogen and oxygen atoms in total. The average Bonchev–Trinajstić information content (AvgIpc) is 2.65. The minimum absolute atomic E-state index is 0.101. The fourth-order valence-corrected chi connectivity index (χ4v) is 2.46. The molecule has 0 atom stereocenters. The Balaban J connectivity index is 0.000000303. The van der Waals surface area contributed by atoms with Crippen LogP contribution in [0.25, 0.3) is 0 Å². The van der Waals surface area contributed by atoms with Crippen molar-refractivity contribution in [3.63, 3.8) is 0 Å². The summed E-state index contributed by atoms with van der Waals surface area (Å²) in [5.41, 5.74) is 1.46. The molecule has 0 heterocycles. The minimum Gasteiger partial charge on any atom is -0.478 e. The Morgan fingerprint density at radius 3 is 1.93 bits per heavy atom. The van der Waals surface area contributed by atoms with Crippen molar-refractivity contribution < 1.29 is 34.6 Å². The predicted molar refractivity (Wildman–Crippen MR) is 113 cm³/mol. The van der Waals surface area contributed by atoms with Crippen LogP contribution in [0.3, 0.4) is 0 Å². The number of carboxylic acid groups (broad SMARTS) is 1. The first-order valence-electron chi connectivity index (χ1n) is 9.41. The highest BCUT2D eigenvalue weighted by molar-refractivity contribution is 5.91. The highest BCUT2D eigenvalue weighted by atomic mass is 17.2. The summed E-state index contributed by atoms with van der Waals surface area (Å²) in [6, 6.07) is 12.0. The highest BCUT2D eigenvalue weighted by Crippen LogP contribution is 2.26. The third-order valence-corrected chi connectivity index (χ3v) is 3.86. The molecule has 30 heavy (non-hydrogen) atoms. The Morgan fingerprint density at radius 2 is 1.43 bits per heavy atom. The van der Waals surface area contributed by atoms with E-state index in [1.807, 2.05) is 53.7 Å². The van der Waals surface area contributed by atoms with Crippen LogP contribution in [0.2, 0.25) is 0 Å². The first kappa shape index (κ1) is 25.1. The molecule has 0 fully saturated rings. The Labute approximate surface area is 177 Å². The van der Waals surface area contributed by atoms with Crippen molar-refractivity contribution in [2.75, 3.05) is 0 Å². The van der Waals surface area contributed by atoms with E-state index in [0.717, 1.165) is 11.1 Å². The fraction of sp³-hybridized carbons (Fsp3) is 0.391. The minimum atomic E-state index is -1.03. The van der Waals surface area contributed by atoms with Crippen LogP contribution in [0.1, 0.15) is 73.4 Å². The molecule has 0 aliphatic heterocycles. The molecule has 0 aliphatic carbocycles. The maximum absolute atomic E-state index is 11.2. The number of rotatable bonds is 4. The third-order valence-electron chi connectivity index (χ3n) is 3.86. The van der Waals surface area contributed by atoms with Gasteiger partial charge in [-0.15, -0.1) is 0 Å². The van der Waals surface area contributed by atoms with Crippen LogP contribution in [-0.2, 0) is 15.2 Å². The van der Waals surface area contributed by atoms with Crippen molar-refractivity contribution in [1.82, 2.24) is 0 Å². The first-order valence-corrected chi connectivity index (χ1v) is 9.41. The SMILES string of the molecule is CC(C)(C)c1ccccc1C(=O)OO.Cc1cccc(C(=O)O)c1OOC(C)(C)C. The van der Waals surface area contributed by atoms with Crippen molar-refractivity contribution in [3.8, 4) is 5.75 Å². The smallest absolute Gasteiger partial charge is 0.373 e. The van der Waals surface area contributed by atoms with Gasteiger partial charge < -0.3 is 9.99 Å². The molecule has 0 aliphatic rings. The van der Waals surface area contributed by atoms with E-state index in [1.54, 1.807) is 31.2 Å². The van der Waals surface area contributed by atoms with Crippen LogP contribution in [-0.4, -0.2) is 27.9 Å². The summed E-state index contributed by atoms with van der Waals surface area (Å²) in [5.74, 6) is -1.49. The molecule has 0 spiro atoms. The summed E-state index contributed by atoms with van der Waals surface area (Å²) >= 11 is 0. The number of benzene rings is 2. The Bertz CT molecular complexity index is 874. The lowest BCUT2D eigenvalue weighted by Crippen LogP contribution is -2.22. The molecule has 0 saturated heterocycles. The third kappa shape index (κ3) is 7.50. The quantitative estimate of drug-likeness (QED) is 0.505. The number of hydrogen-bond donors (Lipinski definition) is 2. The standard InChI is InChI=1S/C12H16O4.C11H14O3/c1-8-6-5-7-9(11(13)14)10(8)15-16-12(2,3)4;1-11(2,3)9-7-5-4-6-8(9)10(12)14-13/h5-7H,1-4H3,(H,13,14);4-7,13H,1-3H3. The molecule has 0 amide bonds. The van der Waals surface area contributed by atoms with Crippen molar-refractivity contribution in [3.05, 3.63) is 64.7 Å². The van der Waals surface area contributed by atoms with E-state index in [0.29, 0.717) is 5.56 Å². The number of carboxylic acids is 1. The molecule has 2 rings (SSSR count). The number of aromatic carboxylic acids is 1. The predicted octanol–water partition coefficient (Wildman–Crippen LogP) is 5.42. The highest BCUT2D eigenvalue weighted by Gasteiger charge is 2.22. The van der Waals surface area contributed by atoms with Crippen LogP contribution in [0, 0.1) is 6.92 Å². The Hall–Kier alpha value is -2.90. The van der Waals surface area contributed by atoms with Crippen LogP contribution in [0.15, 0.2) is 42.5 Å². The van der Waals surface area contributed by atoms with Crippen LogP contribution < -0.4 is 4.89 Å². The lowest BCUT2D eigenvalue weighted by atomic mass is 9.84. The second-order valence-electron chi connectivity index (χ2n) is 8.71. The molecule has 2 aromatic rings. The Morgan fingerprint density at radius 1 is 0.867 bits per heavy atom. The largest absolute Gasteiger partial charge is 0.478 e. The molecular formula is C23H30O7. The van der Waals surface area contributed by atoms with Crippen LogP contribution in [0.4, 0.5) is 0 Å². The number of carbonyl (C=O) groups excluding carboxylic acids is 1. The normalized spacial score (nSPS) is 11.2. The fourth-order valence-electron chi connectivity index (χ4n) is 2.46. The van der Waals surface area contributed by atoms with Crippen molar-refractivity contribution >= 4 is 11.9 Å². The second kappa shape index (κ2) is 10.2. The van der Waals surface area contributed by atoms with E-state index >= 15 is 0 Å². The molecule has 164 valence electrons. The number of carbonyl (C=O) groups is 2. The van der Waals surface area contributed by atoms with Crippen LogP contribution in [0.5, 0.6) is 5.75 Å². The summed E-state index contributed by atoms with van der Waals surface area (Å²) in [4.78, 5) is 36.1. The van der Waals surface area contributed by atoms with E-state index in [9.17, 15) is 9.59 Å². The molecule has 0 radical (unpaired) electrons. The summed E-state index contributed by atoms with van der Waals surface area (Å²) in [6.07, 6.45) is 0. The summed E-state index contributed by atoms with van der Waals surface area (Å²) in [7, 11) is 0. The van der Waals surface area contributed by atoms with Gasteiger partial charge in [-0.3, -0.25) is 4.89 Å². The van der Waals surface area contributed by atoms with Crippen LogP contribution >= 0.6 is 0 Å². The van der Waals surface area contributed by atoms with Gasteiger partial charge in [0.05, 0.1) is 5.56 Å². The topological polar surface area (TPSA) is 102 Å². The Kier molecular flexibility index (Phi) is 8.57. The van der Waals surface area contributed by atoms with E-state index < -0.39 is 17.5 Å². The number of hydrogen-bond acceptors (Lipinski definition) is 6. The lowest BCUT2D eigenvalue weighted by Gasteiger charge is -2.21. The lowest BCUT2D eigenvalue weighted by molar-refractivity contribution is -0.275. The van der Waals surface area contributed by atoms with Crippen molar-refractivity contribution in [2.24, 2.45) is 0 Å². The van der Waals surface area contributed by atoms with E-state index in [1.165, 1.54) is 6.07 Å². The number of para-hydroxylation sites is 1. The van der Waals surface area contributed by atoms with Gasteiger partial charge in [-0.05, 0) is 56.4 Å². The van der Waals surface area contributed by atoms with Gasteiger partial charge in [-0.25, -0.2) is 9.59 Å². The zero-order chi connectivity index (χ0) is 23.1. The van der Waals surface area contributed by atoms with Crippen molar-refractivity contribution in [2.45, 2.75) is 59.5 Å². The molecule has 0 unspecified atom stereocenters. The average molecular weight is 418 g/mol. The van der Waals surface area contributed by atoms with E-state index in [4.69, 9.17) is 20.1 Å². The summed E-state index contributed by atoms with van der Waals surface area (Å²) < 4.78 is 0. The summed E-state index contributed by atoms with van der Waals surface area (Å²) in [5, 5.41) is 17.3. The van der Waals surface area contributed by atoms with Gasteiger partial charge in [0, 0.05) is 0 Å². The van der Waals surface area contributed by atoms with E-state index in [-0.39, 0.29) is 16.7 Å². The van der Waals surface area contributed by atoms with E-state index in [2.05, 4.69) is 4.89 Å². The number of aryl methyl sites for hydroxylation is 1. The molecule has 0 aromatic heterocycles.